The van der Waals surface area contributed by atoms with E-state index in [9.17, 15) is 0 Å². The Balaban J connectivity index is 1.94. The molecule has 0 saturated carbocycles. The van der Waals surface area contributed by atoms with Gasteiger partial charge < -0.3 is 10.1 Å². The number of hydrogen-bond acceptors (Lipinski definition) is 4. The van der Waals surface area contributed by atoms with Crippen LogP contribution >= 0.6 is 11.8 Å². The summed E-state index contributed by atoms with van der Waals surface area (Å²) in [6.07, 6.45) is 3.37. The van der Waals surface area contributed by atoms with E-state index in [4.69, 9.17) is 4.74 Å². The van der Waals surface area contributed by atoms with Gasteiger partial charge in [-0.1, -0.05) is 11.8 Å². The molecule has 0 spiro atoms. The first-order chi connectivity index (χ1) is 7.18. The summed E-state index contributed by atoms with van der Waals surface area (Å²) >= 11 is 1.86. The molecule has 1 N–H and O–H groups in total. The van der Waals surface area contributed by atoms with Crippen LogP contribution in [0.25, 0.3) is 0 Å². The Labute approximate surface area is 96.1 Å². The topological polar surface area (TPSA) is 33.6 Å². The third-order valence-electron chi connectivity index (χ3n) is 3.12. The van der Waals surface area contributed by atoms with E-state index in [0.717, 1.165) is 31.2 Å². The molecular formula is C11H20N2OS. The number of amidine groups is 1. The van der Waals surface area contributed by atoms with E-state index in [2.05, 4.69) is 24.2 Å². The third-order valence-corrected chi connectivity index (χ3v) is 4.04. The van der Waals surface area contributed by atoms with Gasteiger partial charge in [0.25, 0.3) is 0 Å². The van der Waals surface area contributed by atoms with Crippen molar-refractivity contribution < 1.29 is 4.74 Å². The number of hydrogen-bond donors (Lipinski definition) is 1. The van der Waals surface area contributed by atoms with E-state index < -0.39 is 0 Å². The Bertz CT molecular complexity index is 249. The monoisotopic (exact) mass is 228 g/mol. The molecule has 2 aliphatic heterocycles. The van der Waals surface area contributed by atoms with Crippen molar-refractivity contribution in [2.24, 2.45) is 4.99 Å². The van der Waals surface area contributed by atoms with Crippen LogP contribution in [0.4, 0.5) is 0 Å². The molecule has 0 radical (unpaired) electrons. The van der Waals surface area contributed by atoms with E-state index in [1.54, 1.807) is 0 Å². The lowest BCUT2D eigenvalue weighted by Gasteiger charge is -2.36. The van der Waals surface area contributed by atoms with Crippen molar-refractivity contribution in [3.8, 4) is 0 Å². The second kappa shape index (κ2) is 4.74. The average Bonchev–Trinajstić information content (AvgIpc) is 2.18. The van der Waals surface area contributed by atoms with Crippen molar-refractivity contribution >= 4 is 16.9 Å². The fraction of sp³-hybridized carbons (Fsp3) is 0.909. The summed E-state index contributed by atoms with van der Waals surface area (Å²) in [6, 6.07) is 0.484. The highest BCUT2D eigenvalue weighted by Gasteiger charge is 2.29. The Hall–Kier alpha value is -0.220. The molecule has 1 saturated heterocycles. The molecule has 0 aromatic heterocycles. The molecule has 0 aliphatic carbocycles. The zero-order chi connectivity index (χ0) is 10.7. The molecule has 15 heavy (non-hydrogen) atoms. The van der Waals surface area contributed by atoms with E-state index in [1.165, 1.54) is 12.2 Å². The van der Waals surface area contributed by atoms with Crippen molar-refractivity contribution in [3.05, 3.63) is 0 Å². The predicted octanol–water partition coefficient (Wildman–Crippen LogP) is 2.03. The van der Waals surface area contributed by atoms with Gasteiger partial charge in [-0.25, -0.2) is 0 Å². The molecule has 3 nitrogen and oxygen atoms in total. The smallest absolute Gasteiger partial charge is 0.157 e. The van der Waals surface area contributed by atoms with Gasteiger partial charge in [-0.05, 0) is 33.1 Å². The van der Waals surface area contributed by atoms with E-state index in [0.29, 0.717) is 6.04 Å². The van der Waals surface area contributed by atoms with Gasteiger partial charge in [-0.3, -0.25) is 4.99 Å². The Morgan fingerprint density at radius 3 is 2.87 bits per heavy atom. The van der Waals surface area contributed by atoms with Crippen LogP contribution < -0.4 is 5.32 Å². The van der Waals surface area contributed by atoms with Gasteiger partial charge in [-0.2, -0.15) is 0 Å². The maximum atomic E-state index is 5.39. The molecule has 2 rings (SSSR count). The normalized spacial score (nSPS) is 30.8. The second-order valence-electron chi connectivity index (χ2n) is 4.72. The second-order valence-corrected chi connectivity index (χ2v) is 5.80. The summed E-state index contributed by atoms with van der Waals surface area (Å²) in [6.45, 7) is 6.21. The molecule has 4 heteroatoms. The van der Waals surface area contributed by atoms with Gasteiger partial charge in [0.2, 0.25) is 0 Å². The number of rotatable bonds is 1. The maximum Gasteiger partial charge on any atom is 0.157 e. The van der Waals surface area contributed by atoms with Crippen LogP contribution in [0.3, 0.4) is 0 Å². The van der Waals surface area contributed by atoms with Crippen LogP contribution in [-0.2, 0) is 4.74 Å². The zero-order valence-corrected chi connectivity index (χ0v) is 10.4. The summed E-state index contributed by atoms with van der Waals surface area (Å²) in [5, 5.41) is 4.73. The molecule has 1 fully saturated rings. The van der Waals surface area contributed by atoms with Crippen LogP contribution in [0.5, 0.6) is 0 Å². The minimum atomic E-state index is 0.196. The standard InChI is InChI=1S/C11H20N2OS/c1-9-3-8-15-10(12-9)13-11(2)4-6-14-7-5-11/h9H,3-8H2,1-2H3,(H,12,13). The van der Waals surface area contributed by atoms with Gasteiger partial charge in [0.05, 0.1) is 6.04 Å². The largest absolute Gasteiger partial charge is 0.381 e. The Kier molecular flexibility index (Phi) is 3.57. The minimum Gasteiger partial charge on any atom is -0.381 e. The maximum absolute atomic E-state index is 5.39. The van der Waals surface area contributed by atoms with Crippen LogP contribution in [0.1, 0.15) is 33.1 Å². The molecule has 1 unspecified atom stereocenters. The first-order valence-electron chi connectivity index (χ1n) is 5.74. The molecule has 2 aliphatic rings. The number of nitrogens with one attached hydrogen (secondary N) is 1. The molecule has 0 bridgehead atoms. The molecule has 0 amide bonds. The summed E-state index contributed by atoms with van der Waals surface area (Å²) < 4.78 is 5.39. The molecule has 0 aromatic carbocycles. The van der Waals surface area contributed by atoms with E-state index >= 15 is 0 Å². The summed E-state index contributed by atoms with van der Waals surface area (Å²) in [7, 11) is 0. The fourth-order valence-electron chi connectivity index (χ4n) is 1.90. The molecule has 1 atom stereocenters. The highest BCUT2D eigenvalue weighted by atomic mass is 32.2. The van der Waals surface area contributed by atoms with Gasteiger partial charge in [0, 0.05) is 24.5 Å². The number of nitrogens with zero attached hydrogens (tertiary/aromatic N) is 1. The zero-order valence-electron chi connectivity index (χ0n) is 9.58. The third kappa shape index (κ3) is 3.11. The van der Waals surface area contributed by atoms with Crippen LogP contribution in [0, 0.1) is 0 Å². The van der Waals surface area contributed by atoms with Gasteiger partial charge in [-0.15, -0.1) is 0 Å². The lowest BCUT2D eigenvalue weighted by molar-refractivity contribution is 0.0527. The number of thioether (sulfide) groups is 1. The Morgan fingerprint density at radius 1 is 1.47 bits per heavy atom. The van der Waals surface area contributed by atoms with Gasteiger partial charge in [0.1, 0.15) is 0 Å². The molecule has 2 heterocycles. The molecule has 86 valence electrons. The predicted molar refractivity (Wildman–Crippen MR) is 65.6 cm³/mol. The lowest BCUT2D eigenvalue weighted by Crippen LogP contribution is -2.49. The summed E-state index contributed by atoms with van der Waals surface area (Å²) in [4.78, 5) is 4.65. The lowest BCUT2D eigenvalue weighted by atomic mass is 9.93. The van der Waals surface area contributed by atoms with Crippen molar-refractivity contribution in [3.63, 3.8) is 0 Å². The summed E-state index contributed by atoms with van der Waals surface area (Å²) in [5.74, 6) is 1.19. The van der Waals surface area contributed by atoms with Crippen LogP contribution in [0.2, 0.25) is 0 Å². The van der Waals surface area contributed by atoms with Gasteiger partial charge >= 0.3 is 0 Å². The van der Waals surface area contributed by atoms with Gasteiger partial charge in [0.15, 0.2) is 5.17 Å². The minimum absolute atomic E-state index is 0.196. The quantitative estimate of drug-likeness (QED) is 0.745. The molecular weight excluding hydrogens is 208 g/mol. The summed E-state index contributed by atoms with van der Waals surface area (Å²) in [5.41, 5.74) is 0.196. The van der Waals surface area contributed by atoms with Crippen LogP contribution in [-0.4, -0.2) is 35.7 Å². The van der Waals surface area contributed by atoms with Crippen molar-refractivity contribution in [1.82, 2.24) is 5.32 Å². The van der Waals surface area contributed by atoms with Crippen molar-refractivity contribution in [2.75, 3.05) is 19.0 Å². The first-order valence-corrected chi connectivity index (χ1v) is 6.73. The highest BCUT2D eigenvalue weighted by Crippen LogP contribution is 2.23. The SMILES string of the molecule is CC1CCSC(NC2(C)CCOCC2)=N1. The highest BCUT2D eigenvalue weighted by molar-refractivity contribution is 8.13. The Morgan fingerprint density at radius 2 is 2.20 bits per heavy atom. The fourth-order valence-corrected chi connectivity index (χ4v) is 3.13. The van der Waals surface area contributed by atoms with E-state index in [1.807, 2.05) is 11.8 Å². The van der Waals surface area contributed by atoms with Crippen LogP contribution in [0.15, 0.2) is 4.99 Å². The van der Waals surface area contributed by atoms with Crippen molar-refractivity contribution in [2.45, 2.75) is 44.7 Å². The number of ether oxygens (including phenoxy) is 1. The molecule has 0 aromatic rings. The first kappa shape index (κ1) is 11.3. The van der Waals surface area contributed by atoms with E-state index in [-0.39, 0.29) is 5.54 Å². The van der Waals surface area contributed by atoms with Crippen molar-refractivity contribution in [1.29, 1.82) is 0 Å². The number of aliphatic imine (C=N–C) groups is 1. The average molecular weight is 228 g/mol.